The summed E-state index contributed by atoms with van der Waals surface area (Å²) in [5.41, 5.74) is 11.2. The number of hydrogen-bond donors (Lipinski definition) is 15. The molecule has 0 aromatic carbocycles. The number of aliphatic carboxylic acids is 3. The molecule has 1 fully saturated rings. The number of aliphatic hydroxyl groups excluding tert-OH is 1. The Morgan fingerprint density at radius 2 is 1.20 bits per heavy atom. The lowest BCUT2D eigenvalue weighted by molar-refractivity contribution is -0.145. The van der Waals surface area contributed by atoms with Crippen molar-refractivity contribution in [2.45, 2.75) is 173 Å². The van der Waals surface area contributed by atoms with Crippen LogP contribution in [0, 0.1) is 11.8 Å². The Hall–Kier alpha value is -7.27. The van der Waals surface area contributed by atoms with Crippen LogP contribution in [-0.2, 0) is 64.0 Å². The molecule has 0 bridgehead atoms. The van der Waals surface area contributed by atoms with Crippen molar-refractivity contribution < 1.29 is 78.0 Å². The van der Waals surface area contributed by atoms with Gasteiger partial charge in [0.15, 0.2) is 0 Å². The summed E-state index contributed by atoms with van der Waals surface area (Å²) < 4.78 is 0. The van der Waals surface area contributed by atoms with Crippen LogP contribution in [0.25, 0.3) is 0 Å². The number of likely N-dealkylation sites (tertiary alicyclic amines) is 1. The van der Waals surface area contributed by atoms with E-state index < -0.39 is 163 Å². The molecule has 0 aliphatic carbocycles. The minimum atomic E-state index is -1.73. The van der Waals surface area contributed by atoms with Crippen LogP contribution in [0.1, 0.15) is 111 Å². The number of imidazole rings is 1. The van der Waals surface area contributed by atoms with Gasteiger partial charge in [-0.15, -0.1) is 0 Å². The molecule has 0 unspecified atom stereocenters. The van der Waals surface area contributed by atoms with Gasteiger partial charge >= 0.3 is 17.9 Å². The first-order valence-electron chi connectivity index (χ1n) is 25.1. The van der Waals surface area contributed by atoms with Gasteiger partial charge in [-0.3, -0.25) is 52.7 Å². The van der Waals surface area contributed by atoms with E-state index in [1.54, 1.807) is 27.7 Å². The number of aromatic nitrogens is 2. The lowest BCUT2D eigenvalue weighted by Crippen LogP contribution is -2.62. The van der Waals surface area contributed by atoms with E-state index in [1.807, 2.05) is 0 Å². The van der Waals surface area contributed by atoms with E-state index >= 15 is 0 Å². The summed E-state index contributed by atoms with van der Waals surface area (Å²) in [4.78, 5) is 165. The Balaban J connectivity index is 2.37. The second-order valence-electron chi connectivity index (χ2n) is 19.3. The van der Waals surface area contributed by atoms with Crippen LogP contribution >= 0.6 is 0 Å². The predicted molar refractivity (Wildman–Crippen MR) is 267 cm³/mol. The molecule has 76 heavy (non-hydrogen) atoms. The van der Waals surface area contributed by atoms with Crippen LogP contribution < -0.4 is 54.0 Å². The fourth-order valence-corrected chi connectivity index (χ4v) is 8.00. The minimum Gasteiger partial charge on any atom is -0.481 e. The number of rotatable bonds is 34. The highest BCUT2D eigenvalue weighted by Gasteiger charge is 2.42. The maximum Gasteiger partial charge on any atom is 0.326 e. The molecular formula is C47H77N13O16. The Bertz CT molecular complexity index is 2180. The van der Waals surface area contributed by atoms with Crippen LogP contribution in [0.3, 0.4) is 0 Å². The lowest BCUT2D eigenvalue weighted by Gasteiger charge is -2.32. The van der Waals surface area contributed by atoms with Gasteiger partial charge in [-0.25, -0.2) is 9.78 Å². The largest absolute Gasteiger partial charge is 0.481 e. The number of carbonyl (C=O) groups excluding carboxylic acids is 9. The minimum absolute atomic E-state index is 0.00358. The van der Waals surface area contributed by atoms with Gasteiger partial charge in [0.1, 0.15) is 54.4 Å². The Kier molecular flexibility index (Phi) is 27.5. The SMILES string of the molecule is CC(C)C[C@H](NC(=O)[C@H](Cc1cnc[nH]1)NC(=O)[C@@H](NC(=O)[C@H](C)NC(=O)CN)C(C)C)C(=O)N[C@H](C(=O)N1CCC[C@H]1C(=O)N[C@@H](CCC(=O)O)C(=O)N[C@@H](CCC(=O)O)C(=O)N[C@@H](CCCCN)C(=O)O)[C@@H](C)O. The van der Waals surface area contributed by atoms with Crippen LogP contribution in [0.15, 0.2) is 12.5 Å². The number of nitrogens with two attached hydrogens (primary N) is 2. The number of unbranched alkanes of at least 4 members (excludes halogenated alkanes) is 1. The fraction of sp³-hybridized carbons (Fsp3) is 0.681. The van der Waals surface area contributed by atoms with E-state index in [4.69, 9.17) is 11.5 Å². The van der Waals surface area contributed by atoms with Crippen LogP contribution in [0.5, 0.6) is 0 Å². The molecule has 426 valence electrons. The first-order chi connectivity index (χ1) is 35.7. The zero-order valence-electron chi connectivity index (χ0n) is 43.7. The third kappa shape index (κ3) is 21.9. The zero-order valence-corrected chi connectivity index (χ0v) is 43.7. The van der Waals surface area contributed by atoms with Gasteiger partial charge in [0.05, 0.1) is 19.0 Å². The predicted octanol–water partition coefficient (Wildman–Crippen LogP) is -4.17. The molecule has 9 amide bonds. The smallest absolute Gasteiger partial charge is 0.326 e. The van der Waals surface area contributed by atoms with E-state index in [-0.39, 0.29) is 57.7 Å². The Morgan fingerprint density at radius 3 is 1.71 bits per heavy atom. The van der Waals surface area contributed by atoms with E-state index in [1.165, 1.54) is 26.4 Å². The maximum atomic E-state index is 14.3. The van der Waals surface area contributed by atoms with E-state index in [2.05, 4.69) is 52.5 Å². The zero-order chi connectivity index (χ0) is 57.4. The summed E-state index contributed by atoms with van der Waals surface area (Å²) >= 11 is 0. The van der Waals surface area contributed by atoms with Crippen LogP contribution in [0.2, 0.25) is 0 Å². The average Bonchev–Trinajstić information content (AvgIpc) is 4.06. The standard InChI is InChI=1S/C47H77N13O16/c1-23(2)18-31(56-42(70)32(19-27-21-50-22-51-27)57-45(73)37(24(3)4)58-39(67)25(5)52-34(62)20-49)43(71)59-38(26(6)61)46(74)60-17-9-11-33(60)44(72)54-29(13-15-36(65)66)40(68)53-28(12-14-35(63)64)41(69)55-30(47(75)76)10-7-8-16-48/h21-26,28-33,37-38,61H,7-20,48-49H2,1-6H3,(H,50,51)(H,52,62)(H,53,68)(H,54,72)(H,55,69)(H,56,70)(H,57,73)(H,58,67)(H,59,71)(H,63,64)(H,65,66)(H,75,76)/t25-,26+,28-,29-,30-,31-,32-,33-,37-,38-/m0/s1. The Labute approximate surface area is 439 Å². The van der Waals surface area contributed by atoms with Crippen molar-refractivity contribution in [3.8, 4) is 0 Å². The number of carbonyl (C=O) groups is 12. The monoisotopic (exact) mass is 1080 g/mol. The van der Waals surface area contributed by atoms with Crippen molar-refractivity contribution in [2.24, 2.45) is 23.3 Å². The van der Waals surface area contributed by atoms with Crippen LogP contribution in [0.4, 0.5) is 0 Å². The van der Waals surface area contributed by atoms with Crippen molar-refractivity contribution >= 4 is 71.1 Å². The van der Waals surface area contributed by atoms with Gasteiger partial charge < -0.3 is 84.3 Å². The molecular weight excluding hydrogens is 1000 g/mol. The molecule has 1 aromatic heterocycles. The molecule has 1 saturated heterocycles. The molecule has 10 atom stereocenters. The normalized spacial score (nSPS) is 16.8. The lowest BCUT2D eigenvalue weighted by atomic mass is 10.00. The first-order valence-corrected chi connectivity index (χ1v) is 25.1. The summed E-state index contributed by atoms with van der Waals surface area (Å²) in [5, 5.41) is 59.2. The molecule has 1 aromatic rings. The number of aromatic amines is 1. The second kappa shape index (κ2) is 32.2. The fourth-order valence-electron chi connectivity index (χ4n) is 8.00. The second-order valence-corrected chi connectivity index (χ2v) is 19.3. The maximum absolute atomic E-state index is 14.3. The van der Waals surface area contributed by atoms with Crippen molar-refractivity contribution in [3.63, 3.8) is 0 Å². The topological polar surface area (TPSA) is 466 Å². The van der Waals surface area contributed by atoms with Crippen molar-refractivity contribution in [3.05, 3.63) is 18.2 Å². The molecule has 2 rings (SSSR count). The number of nitrogens with zero attached hydrogens (tertiary/aromatic N) is 2. The van der Waals surface area contributed by atoms with Gasteiger partial charge in [0, 0.05) is 37.7 Å². The van der Waals surface area contributed by atoms with Crippen molar-refractivity contribution in [1.29, 1.82) is 0 Å². The average molecular weight is 1080 g/mol. The molecule has 17 N–H and O–H groups in total. The van der Waals surface area contributed by atoms with E-state index in [9.17, 15) is 78.0 Å². The van der Waals surface area contributed by atoms with Gasteiger partial charge in [0.2, 0.25) is 53.2 Å². The summed E-state index contributed by atoms with van der Waals surface area (Å²) in [6.07, 6.45) is -0.575. The molecule has 2 heterocycles. The number of amides is 9. The number of nitrogens with one attached hydrogen (secondary N) is 9. The van der Waals surface area contributed by atoms with Crippen molar-refractivity contribution in [2.75, 3.05) is 19.6 Å². The highest BCUT2D eigenvalue weighted by Crippen LogP contribution is 2.21. The third-order valence-corrected chi connectivity index (χ3v) is 12.2. The quantitative estimate of drug-likeness (QED) is 0.0291. The third-order valence-electron chi connectivity index (χ3n) is 12.2. The van der Waals surface area contributed by atoms with E-state index in [0.29, 0.717) is 18.5 Å². The molecule has 0 radical (unpaired) electrons. The molecule has 1 aliphatic rings. The van der Waals surface area contributed by atoms with E-state index in [0.717, 1.165) is 4.90 Å². The number of aliphatic hydroxyl groups is 1. The number of carboxylic acids is 3. The van der Waals surface area contributed by atoms with Crippen molar-refractivity contribution in [1.82, 2.24) is 57.4 Å². The molecule has 0 spiro atoms. The molecule has 29 nitrogen and oxygen atoms in total. The highest BCUT2D eigenvalue weighted by atomic mass is 16.4. The number of carboxylic acid groups (broad SMARTS) is 3. The number of H-pyrrole nitrogens is 1. The Morgan fingerprint density at radius 1 is 0.658 bits per heavy atom. The van der Waals surface area contributed by atoms with Crippen LogP contribution in [-0.4, -0.2) is 186 Å². The molecule has 0 saturated carbocycles. The molecule has 29 heteroatoms. The first kappa shape index (κ1) is 64.8. The van der Waals surface area contributed by atoms with Gasteiger partial charge in [-0.1, -0.05) is 27.7 Å². The number of hydrogen-bond acceptors (Lipinski definition) is 16. The van der Waals surface area contributed by atoms with Gasteiger partial charge in [0.25, 0.3) is 0 Å². The highest BCUT2D eigenvalue weighted by molar-refractivity contribution is 5.99. The summed E-state index contributed by atoms with van der Waals surface area (Å²) in [6, 6.07) is -12.9. The summed E-state index contributed by atoms with van der Waals surface area (Å²) in [7, 11) is 0. The van der Waals surface area contributed by atoms with Gasteiger partial charge in [-0.2, -0.15) is 0 Å². The van der Waals surface area contributed by atoms with Gasteiger partial charge in [-0.05, 0) is 83.6 Å². The summed E-state index contributed by atoms with van der Waals surface area (Å²) in [6.45, 7) is 9.12. The summed E-state index contributed by atoms with van der Waals surface area (Å²) in [5.74, 6) is -13.0. The molecule has 1 aliphatic heterocycles.